The van der Waals surface area contributed by atoms with Gasteiger partial charge in [0, 0.05) is 24.7 Å². The lowest BCUT2D eigenvalue weighted by Crippen LogP contribution is -2.42. The predicted octanol–water partition coefficient (Wildman–Crippen LogP) is 2.64. The first-order valence-corrected chi connectivity index (χ1v) is 6.64. The summed E-state index contributed by atoms with van der Waals surface area (Å²) < 4.78 is 0. The Morgan fingerprint density at radius 1 is 1.33 bits per heavy atom. The second kappa shape index (κ2) is 6.49. The molecule has 0 heterocycles. The van der Waals surface area contributed by atoms with Crippen LogP contribution < -0.4 is 5.32 Å². The van der Waals surface area contributed by atoms with Gasteiger partial charge in [0.1, 0.15) is 0 Å². The van der Waals surface area contributed by atoms with E-state index in [9.17, 15) is 0 Å². The van der Waals surface area contributed by atoms with Gasteiger partial charge in [0.15, 0.2) is 0 Å². The van der Waals surface area contributed by atoms with Gasteiger partial charge >= 0.3 is 0 Å². The molecule has 0 aromatic heterocycles. The van der Waals surface area contributed by atoms with Crippen molar-refractivity contribution in [3.63, 3.8) is 0 Å². The molecule has 1 aliphatic rings. The molecule has 0 aliphatic heterocycles. The highest BCUT2D eigenvalue weighted by Crippen LogP contribution is 2.26. The zero-order chi connectivity index (χ0) is 11.3. The van der Waals surface area contributed by atoms with Crippen molar-refractivity contribution in [1.29, 1.82) is 0 Å². The topological polar surface area (TPSA) is 15.3 Å². The zero-order valence-electron chi connectivity index (χ0n) is 10.9. The third-order valence-corrected chi connectivity index (χ3v) is 3.65. The Hall–Kier alpha value is -0.0800. The van der Waals surface area contributed by atoms with Crippen LogP contribution in [0.3, 0.4) is 0 Å². The second-order valence-electron chi connectivity index (χ2n) is 5.05. The predicted molar refractivity (Wildman–Crippen MR) is 67.2 cm³/mol. The first-order valence-electron chi connectivity index (χ1n) is 6.64. The van der Waals surface area contributed by atoms with Crippen molar-refractivity contribution in [3.05, 3.63) is 0 Å². The van der Waals surface area contributed by atoms with E-state index in [2.05, 4.69) is 38.0 Å². The minimum Gasteiger partial charge on any atom is -0.312 e. The lowest BCUT2D eigenvalue weighted by molar-refractivity contribution is 0.233. The molecule has 1 N–H and O–H groups in total. The van der Waals surface area contributed by atoms with Crippen molar-refractivity contribution in [3.8, 4) is 0 Å². The monoisotopic (exact) mass is 212 g/mol. The molecule has 0 aromatic rings. The standard InChI is InChI=1S/C13H28N2/c1-5-7-12(6-2)14-10-11(3)15(4)13-8-9-13/h11-14H,5-10H2,1-4H3. The molecule has 2 heteroatoms. The van der Waals surface area contributed by atoms with Gasteiger partial charge in [-0.05, 0) is 39.7 Å². The summed E-state index contributed by atoms with van der Waals surface area (Å²) in [6.45, 7) is 8.03. The highest BCUT2D eigenvalue weighted by atomic mass is 15.2. The van der Waals surface area contributed by atoms with Crippen LogP contribution in [-0.4, -0.2) is 36.6 Å². The molecule has 2 unspecified atom stereocenters. The van der Waals surface area contributed by atoms with Crippen LogP contribution in [0, 0.1) is 0 Å². The summed E-state index contributed by atoms with van der Waals surface area (Å²) in [7, 11) is 2.27. The minimum absolute atomic E-state index is 0.684. The first kappa shape index (κ1) is 13.0. The Morgan fingerprint density at radius 2 is 2.00 bits per heavy atom. The van der Waals surface area contributed by atoms with Crippen molar-refractivity contribution in [2.75, 3.05) is 13.6 Å². The molecule has 15 heavy (non-hydrogen) atoms. The molecule has 0 saturated heterocycles. The summed E-state index contributed by atoms with van der Waals surface area (Å²) in [5, 5.41) is 3.69. The Balaban J connectivity index is 2.15. The number of nitrogens with zero attached hydrogens (tertiary/aromatic N) is 1. The summed E-state index contributed by atoms with van der Waals surface area (Å²) in [4.78, 5) is 2.53. The van der Waals surface area contributed by atoms with E-state index in [1.54, 1.807) is 0 Å². The summed E-state index contributed by atoms with van der Waals surface area (Å²) in [5.74, 6) is 0. The Morgan fingerprint density at radius 3 is 2.47 bits per heavy atom. The largest absolute Gasteiger partial charge is 0.312 e. The molecule has 0 aromatic carbocycles. The van der Waals surface area contributed by atoms with E-state index in [-0.39, 0.29) is 0 Å². The van der Waals surface area contributed by atoms with Crippen LogP contribution in [0.1, 0.15) is 52.9 Å². The number of hydrogen-bond donors (Lipinski definition) is 1. The third-order valence-electron chi connectivity index (χ3n) is 3.65. The summed E-state index contributed by atoms with van der Waals surface area (Å²) >= 11 is 0. The van der Waals surface area contributed by atoms with E-state index in [1.807, 2.05) is 0 Å². The Bertz CT molecular complexity index is 166. The number of likely N-dealkylation sites (N-methyl/N-ethyl adjacent to an activating group) is 1. The molecular formula is C13H28N2. The van der Waals surface area contributed by atoms with Gasteiger partial charge in [-0.15, -0.1) is 0 Å². The molecule has 2 atom stereocenters. The van der Waals surface area contributed by atoms with Gasteiger partial charge in [-0.2, -0.15) is 0 Å². The molecule has 90 valence electrons. The van der Waals surface area contributed by atoms with E-state index in [1.165, 1.54) is 32.1 Å². The van der Waals surface area contributed by atoms with E-state index >= 15 is 0 Å². The molecule has 0 bridgehead atoms. The van der Waals surface area contributed by atoms with Crippen LogP contribution in [0.25, 0.3) is 0 Å². The van der Waals surface area contributed by atoms with Crippen LogP contribution >= 0.6 is 0 Å². The molecule has 0 spiro atoms. The number of nitrogens with one attached hydrogen (secondary N) is 1. The highest BCUT2D eigenvalue weighted by molar-refractivity contribution is 4.86. The Kier molecular flexibility index (Phi) is 5.62. The van der Waals surface area contributed by atoms with Crippen LogP contribution in [0.5, 0.6) is 0 Å². The fourth-order valence-corrected chi connectivity index (χ4v) is 2.12. The van der Waals surface area contributed by atoms with Gasteiger partial charge in [0.05, 0.1) is 0 Å². The van der Waals surface area contributed by atoms with E-state index < -0.39 is 0 Å². The molecule has 1 aliphatic carbocycles. The fourth-order valence-electron chi connectivity index (χ4n) is 2.12. The maximum atomic E-state index is 3.69. The van der Waals surface area contributed by atoms with Crippen molar-refractivity contribution in [2.24, 2.45) is 0 Å². The lowest BCUT2D eigenvalue weighted by Gasteiger charge is -2.27. The van der Waals surface area contributed by atoms with E-state index in [0.717, 1.165) is 18.6 Å². The number of hydrogen-bond acceptors (Lipinski definition) is 2. The summed E-state index contributed by atoms with van der Waals surface area (Å²) in [6, 6.07) is 2.29. The SMILES string of the molecule is CCCC(CC)NCC(C)N(C)C1CC1. The molecule has 1 fully saturated rings. The van der Waals surface area contributed by atoms with Gasteiger partial charge in [0.2, 0.25) is 0 Å². The van der Waals surface area contributed by atoms with Gasteiger partial charge in [0.25, 0.3) is 0 Å². The average Bonchev–Trinajstić information content (AvgIpc) is 3.06. The molecule has 0 amide bonds. The average molecular weight is 212 g/mol. The molecular weight excluding hydrogens is 184 g/mol. The maximum Gasteiger partial charge on any atom is 0.0192 e. The van der Waals surface area contributed by atoms with E-state index in [0.29, 0.717) is 6.04 Å². The van der Waals surface area contributed by atoms with Crippen molar-refractivity contribution in [1.82, 2.24) is 10.2 Å². The quantitative estimate of drug-likeness (QED) is 0.665. The second-order valence-corrected chi connectivity index (χ2v) is 5.05. The highest BCUT2D eigenvalue weighted by Gasteiger charge is 2.28. The van der Waals surface area contributed by atoms with Gasteiger partial charge < -0.3 is 5.32 Å². The minimum atomic E-state index is 0.684. The van der Waals surface area contributed by atoms with E-state index in [4.69, 9.17) is 0 Å². The van der Waals surface area contributed by atoms with Gasteiger partial charge in [-0.25, -0.2) is 0 Å². The lowest BCUT2D eigenvalue weighted by atomic mass is 10.1. The zero-order valence-corrected chi connectivity index (χ0v) is 10.9. The summed E-state index contributed by atoms with van der Waals surface area (Å²) in [6.07, 6.45) is 6.68. The van der Waals surface area contributed by atoms with Crippen LogP contribution in [-0.2, 0) is 0 Å². The van der Waals surface area contributed by atoms with Gasteiger partial charge in [-0.3, -0.25) is 4.90 Å². The van der Waals surface area contributed by atoms with Crippen LogP contribution in [0.4, 0.5) is 0 Å². The Labute approximate surface area is 95.4 Å². The van der Waals surface area contributed by atoms with Crippen molar-refractivity contribution >= 4 is 0 Å². The molecule has 1 saturated carbocycles. The maximum absolute atomic E-state index is 3.69. The molecule has 2 nitrogen and oxygen atoms in total. The van der Waals surface area contributed by atoms with Crippen molar-refractivity contribution < 1.29 is 0 Å². The summed E-state index contributed by atoms with van der Waals surface area (Å²) in [5.41, 5.74) is 0. The normalized spacial score (nSPS) is 20.6. The third kappa shape index (κ3) is 4.52. The first-order chi connectivity index (χ1) is 7.19. The van der Waals surface area contributed by atoms with Crippen LogP contribution in [0.15, 0.2) is 0 Å². The fraction of sp³-hybridized carbons (Fsp3) is 1.00. The van der Waals surface area contributed by atoms with Crippen molar-refractivity contribution in [2.45, 2.75) is 71.0 Å². The smallest absolute Gasteiger partial charge is 0.0192 e. The van der Waals surface area contributed by atoms with Crippen LogP contribution in [0.2, 0.25) is 0 Å². The van der Waals surface area contributed by atoms with Gasteiger partial charge in [-0.1, -0.05) is 20.3 Å². The number of rotatable bonds is 8. The molecule has 0 radical (unpaired) electrons. The molecule has 1 rings (SSSR count).